The third-order valence-electron chi connectivity index (χ3n) is 2.23. The van der Waals surface area contributed by atoms with Gasteiger partial charge in [0.2, 0.25) is 0 Å². The molecule has 0 bridgehead atoms. The first-order valence-electron chi connectivity index (χ1n) is 5.08. The fraction of sp³-hybridized carbons (Fsp3) is 0.273. The lowest BCUT2D eigenvalue weighted by atomic mass is 10.2. The second kappa shape index (κ2) is 5.03. The molecule has 0 aliphatic rings. The number of rotatable bonds is 3. The molecule has 3 nitrogen and oxygen atoms in total. The Kier molecular flexibility index (Phi) is 3.63. The SMILES string of the molecule is OCCc1csc(-c2cncc(C(F)(F)F)c2)n1. The van der Waals surface area contributed by atoms with Crippen molar-refractivity contribution in [1.29, 1.82) is 0 Å². The molecule has 0 spiro atoms. The van der Waals surface area contributed by atoms with Crippen LogP contribution in [0.15, 0.2) is 23.8 Å². The minimum atomic E-state index is -4.41. The number of aliphatic hydroxyl groups is 1. The number of halogens is 3. The zero-order chi connectivity index (χ0) is 13.2. The summed E-state index contributed by atoms with van der Waals surface area (Å²) in [5, 5.41) is 10.9. The van der Waals surface area contributed by atoms with E-state index in [1.54, 1.807) is 5.38 Å². The summed E-state index contributed by atoms with van der Waals surface area (Å²) in [5.41, 5.74) is 0.202. The van der Waals surface area contributed by atoms with Crippen LogP contribution in [-0.4, -0.2) is 21.7 Å². The van der Waals surface area contributed by atoms with Crippen molar-refractivity contribution in [3.05, 3.63) is 35.1 Å². The van der Waals surface area contributed by atoms with Gasteiger partial charge in [0.15, 0.2) is 0 Å². The standard InChI is InChI=1S/C11H9F3N2OS/c12-11(13,14)8-3-7(4-15-5-8)10-16-9(1-2-17)6-18-10/h3-6,17H,1-2H2. The van der Waals surface area contributed by atoms with E-state index in [1.165, 1.54) is 17.5 Å². The first-order chi connectivity index (χ1) is 8.50. The highest BCUT2D eigenvalue weighted by molar-refractivity contribution is 7.13. The summed E-state index contributed by atoms with van der Waals surface area (Å²) < 4.78 is 37.6. The lowest BCUT2D eigenvalue weighted by Crippen LogP contribution is -2.05. The average Bonchev–Trinajstić information content (AvgIpc) is 2.77. The Balaban J connectivity index is 2.32. The van der Waals surface area contributed by atoms with Gasteiger partial charge in [0.25, 0.3) is 0 Å². The van der Waals surface area contributed by atoms with Crippen molar-refractivity contribution in [2.45, 2.75) is 12.6 Å². The molecule has 2 heterocycles. The van der Waals surface area contributed by atoms with Gasteiger partial charge >= 0.3 is 6.18 Å². The van der Waals surface area contributed by atoms with Crippen molar-refractivity contribution >= 4 is 11.3 Å². The Morgan fingerprint density at radius 2 is 2.06 bits per heavy atom. The molecule has 0 unspecified atom stereocenters. The van der Waals surface area contributed by atoms with Crippen molar-refractivity contribution in [3.63, 3.8) is 0 Å². The summed E-state index contributed by atoms with van der Waals surface area (Å²) in [5.74, 6) is 0. The summed E-state index contributed by atoms with van der Waals surface area (Å²) in [6.45, 7) is -0.0377. The predicted octanol–water partition coefficient (Wildman–Crippen LogP) is 2.76. The molecule has 0 fully saturated rings. The van der Waals surface area contributed by atoms with Gasteiger partial charge in [-0.1, -0.05) is 0 Å². The van der Waals surface area contributed by atoms with Gasteiger partial charge in [0.05, 0.1) is 11.3 Å². The lowest BCUT2D eigenvalue weighted by molar-refractivity contribution is -0.137. The van der Waals surface area contributed by atoms with E-state index >= 15 is 0 Å². The van der Waals surface area contributed by atoms with Crippen LogP contribution >= 0.6 is 11.3 Å². The largest absolute Gasteiger partial charge is 0.417 e. The quantitative estimate of drug-likeness (QED) is 0.936. The van der Waals surface area contributed by atoms with E-state index in [4.69, 9.17) is 5.11 Å². The van der Waals surface area contributed by atoms with Gasteiger partial charge in [-0.25, -0.2) is 4.98 Å². The van der Waals surface area contributed by atoms with Crippen LogP contribution in [0.1, 0.15) is 11.3 Å². The summed E-state index contributed by atoms with van der Waals surface area (Å²) in [4.78, 5) is 7.72. The molecule has 2 aromatic heterocycles. The van der Waals surface area contributed by atoms with Crippen LogP contribution < -0.4 is 0 Å². The molecule has 7 heteroatoms. The summed E-state index contributed by atoms with van der Waals surface area (Å²) in [6, 6.07) is 1.02. The highest BCUT2D eigenvalue weighted by Crippen LogP contribution is 2.32. The van der Waals surface area contributed by atoms with Crippen molar-refractivity contribution in [1.82, 2.24) is 9.97 Å². The van der Waals surface area contributed by atoms with Crippen molar-refractivity contribution in [2.24, 2.45) is 0 Å². The smallest absolute Gasteiger partial charge is 0.396 e. The number of nitrogens with zero attached hydrogens (tertiary/aromatic N) is 2. The van der Waals surface area contributed by atoms with Crippen LogP contribution in [0.4, 0.5) is 13.2 Å². The van der Waals surface area contributed by atoms with Gasteiger partial charge in [-0.15, -0.1) is 11.3 Å². The van der Waals surface area contributed by atoms with Gasteiger partial charge in [-0.2, -0.15) is 13.2 Å². The molecule has 0 aliphatic heterocycles. The lowest BCUT2D eigenvalue weighted by Gasteiger charge is -2.06. The van der Waals surface area contributed by atoms with Crippen LogP contribution in [-0.2, 0) is 12.6 Å². The van der Waals surface area contributed by atoms with Crippen LogP contribution in [0.25, 0.3) is 10.6 Å². The zero-order valence-electron chi connectivity index (χ0n) is 9.11. The maximum atomic E-state index is 12.5. The number of aromatic nitrogens is 2. The number of alkyl halides is 3. The van der Waals surface area contributed by atoms with E-state index < -0.39 is 11.7 Å². The van der Waals surface area contributed by atoms with Gasteiger partial charge in [-0.05, 0) is 6.07 Å². The third-order valence-corrected chi connectivity index (χ3v) is 3.17. The fourth-order valence-electron chi connectivity index (χ4n) is 1.38. The number of thiazole rings is 1. The van der Waals surface area contributed by atoms with Crippen LogP contribution in [0, 0.1) is 0 Å². The average molecular weight is 274 g/mol. The molecule has 0 amide bonds. The molecule has 0 aliphatic carbocycles. The molecule has 0 saturated carbocycles. The highest BCUT2D eigenvalue weighted by Gasteiger charge is 2.31. The normalized spacial score (nSPS) is 11.8. The molecule has 96 valence electrons. The first-order valence-corrected chi connectivity index (χ1v) is 5.96. The Labute approximate surface area is 105 Å². The van der Waals surface area contributed by atoms with Crippen LogP contribution in [0.3, 0.4) is 0 Å². The molecular formula is C11H9F3N2OS. The maximum Gasteiger partial charge on any atom is 0.417 e. The van der Waals surface area contributed by atoms with E-state index in [0.29, 0.717) is 22.7 Å². The molecule has 18 heavy (non-hydrogen) atoms. The second-order valence-corrected chi connectivity index (χ2v) is 4.44. The topological polar surface area (TPSA) is 46.0 Å². The number of hydrogen-bond donors (Lipinski definition) is 1. The molecule has 0 atom stereocenters. The molecule has 0 aromatic carbocycles. The van der Waals surface area contributed by atoms with E-state index in [9.17, 15) is 13.2 Å². The third kappa shape index (κ3) is 2.85. The van der Waals surface area contributed by atoms with E-state index in [-0.39, 0.29) is 6.61 Å². The highest BCUT2D eigenvalue weighted by atomic mass is 32.1. The number of pyridine rings is 1. The Hall–Kier alpha value is -1.47. The van der Waals surface area contributed by atoms with E-state index in [1.807, 2.05) is 0 Å². The number of hydrogen-bond acceptors (Lipinski definition) is 4. The minimum absolute atomic E-state index is 0.0377. The van der Waals surface area contributed by atoms with Crippen molar-refractivity contribution in [2.75, 3.05) is 6.61 Å². The minimum Gasteiger partial charge on any atom is -0.396 e. The van der Waals surface area contributed by atoms with Gasteiger partial charge in [-0.3, -0.25) is 4.98 Å². The first kappa shape index (κ1) is 13.0. The van der Waals surface area contributed by atoms with Gasteiger partial charge < -0.3 is 5.11 Å². The van der Waals surface area contributed by atoms with Crippen LogP contribution in [0.2, 0.25) is 0 Å². The molecule has 0 saturated heterocycles. The van der Waals surface area contributed by atoms with Gasteiger partial charge in [0, 0.05) is 36.4 Å². The summed E-state index contributed by atoms with van der Waals surface area (Å²) in [6.07, 6.45) is -1.89. The molecular weight excluding hydrogens is 265 g/mol. The second-order valence-electron chi connectivity index (χ2n) is 3.58. The van der Waals surface area contributed by atoms with Gasteiger partial charge in [0.1, 0.15) is 5.01 Å². The zero-order valence-corrected chi connectivity index (χ0v) is 9.92. The van der Waals surface area contributed by atoms with Crippen molar-refractivity contribution < 1.29 is 18.3 Å². The maximum absolute atomic E-state index is 12.5. The molecule has 2 rings (SSSR count). The molecule has 2 aromatic rings. The Bertz CT molecular complexity index is 539. The monoisotopic (exact) mass is 274 g/mol. The molecule has 0 radical (unpaired) electrons. The van der Waals surface area contributed by atoms with Crippen molar-refractivity contribution in [3.8, 4) is 10.6 Å². The predicted molar refractivity (Wildman–Crippen MR) is 61.1 cm³/mol. The van der Waals surface area contributed by atoms with Crippen LogP contribution in [0.5, 0.6) is 0 Å². The summed E-state index contributed by atoms with van der Waals surface area (Å²) >= 11 is 1.23. The molecule has 1 N–H and O–H groups in total. The summed E-state index contributed by atoms with van der Waals surface area (Å²) in [7, 11) is 0. The fourth-order valence-corrected chi connectivity index (χ4v) is 2.22. The Morgan fingerprint density at radius 1 is 1.28 bits per heavy atom. The van der Waals surface area contributed by atoms with E-state index in [2.05, 4.69) is 9.97 Å². The number of aliphatic hydroxyl groups excluding tert-OH is 1. The Morgan fingerprint density at radius 3 is 2.72 bits per heavy atom. The van der Waals surface area contributed by atoms with E-state index in [0.717, 1.165) is 12.3 Å².